The van der Waals surface area contributed by atoms with Crippen LogP contribution in [-0.4, -0.2) is 37.4 Å². The number of benzene rings is 1. The van der Waals surface area contributed by atoms with E-state index in [1.165, 1.54) is 0 Å². The molecule has 0 fully saturated rings. The van der Waals surface area contributed by atoms with E-state index in [1.54, 1.807) is 19.2 Å². The average Bonchev–Trinajstić information content (AvgIpc) is 2.49. The predicted molar refractivity (Wildman–Crippen MR) is 86.4 cm³/mol. The molecular weight excluding hydrogens is 282 g/mol. The van der Waals surface area contributed by atoms with Crippen LogP contribution in [0.5, 0.6) is 0 Å². The molecule has 7 heteroatoms. The number of amides is 2. The van der Waals surface area contributed by atoms with Crippen molar-refractivity contribution in [3.63, 3.8) is 0 Å². The molecule has 0 bridgehead atoms. The third-order valence-corrected chi connectivity index (χ3v) is 2.75. The minimum atomic E-state index is -0.571. The molecule has 0 atom stereocenters. The van der Waals surface area contributed by atoms with Crippen LogP contribution in [-0.2, 0) is 11.3 Å². The van der Waals surface area contributed by atoms with Gasteiger partial charge in [-0.15, -0.1) is 0 Å². The SMILES string of the molecule is CN=C(NCc1ccc(C(=O)NCC(N)=O)cc1)NC(C)C. The molecule has 0 spiro atoms. The molecule has 7 nitrogen and oxygen atoms in total. The number of rotatable bonds is 6. The second-order valence-corrected chi connectivity index (χ2v) is 5.07. The summed E-state index contributed by atoms with van der Waals surface area (Å²) >= 11 is 0. The second kappa shape index (κ2) is 8.66. The molecular formula is C15H23N5O2. The van der Waals surface area contributed by atoms with Crippen molar-refractivity contribution in [3.8, 4) is 0 Å². The maximum atomic E-state index is 11.7. The lowest BCUT2D eigenvalue weighted by Gasteiger charge is -2.14. The Kier molecular flexibility index (Phi) is 6.88. The first-order valence-corrected chi connectivity index (χ1v) is 7.05. The summed E-state index contributed by atoms with van der Waals surface area (Å²) in [5.74, 6) is -0.174. The second-order valence-electron chi connectivity index (χ2n) is 5.07. The quantitative estimate of drug-likeness (QED) is 0.437. The van der Waals surface area contributed by atoms with E-state index in [4.69, 9.17) is 5.73 Å². The average molecular weight is 305 g/mol. The van der Waals surface area contributed by atoms with Crippen LogP contribution in [0.4, 0.5) is 0 Å². The van der Waals surface area contributed by atoms with Crippen LogP contribution < -0.4 is 21.7 Å². The van der Waals surface area contributed by atoms with Gasteiger partial charge in [-0.1, -0.05) is 12.1 Å². The van der Waals surface area contributed by atoms with E-state index in [0.29, 0.717) is 18.2 Å². The fourth-order valence-corrected chi connectivity index (χ4v) is 1.70. The summed E-state index contributed by atoms with van der Waals surface area (Å²) in [6.07, 6.45) is 0. The van der Waals surface area contributed by atoms with Crippen LogP contribution in [0, 0.1) is 0 Å². The molecule has 1 rings (SSSR count). The highest BCUT2D eigenvalue weighted by Gasteiger charge is 2.06. The number of carbonyl (C=O) groups excluding carboxylic acids is 2. The Bertz CT molecular complexity index is 537. The molecule has 1 aromatic carbocycles. The number of aliphatic imine (C=N–C) groups is 1. The molecule has 0 aliphatic carbocycles. The van der Waals surface area contributed by atoms with Crippen molar-refractivity contribution in [1.82, 2.24) is 16.0 Å². The third-order valence-electron chi connectivity index (χ3n) is 2.75. The minimum Gasteiger partial charge on any atom is -0.368 e. The molecule has 0 aromatic heterocycles. The summed E-state index contributed by atoms with van der Waals surface area (Å²) in [6, 6.07) is 7.38. The van der Waals surface area contributed by atoms with Crippen molar-refractivity contribution >= 4 is 17.8 Å². The first-order valence-electron chi connectivity index (χ1n) is 7.05. The fraction of sp³-hybridized carbons (Fsp3) is 0.400. The minimum absolute atomic E-state index is 0.167. The maximum absolute atomic E-state index is 11.7. The van der Waals surface area contributed by atoms with Gasteiger partial charge in [-0.25, -0.2) is 0 Å². The Morgan fingerprint density at radius 3 is 2.32 bits per heavy atom. The summed E-state index contributed by atoms with van der Waals surface area (Å²) in [5, 5.41) is 8.81. The lowest BCUT2D eigenvalue weighted by atomic mass is 10.1. The molecule has 0 radical (unpaired) electrons. The lowest BCUT2D eigenvalue weighted by molar-refractivity contribution is -0.117. The molecule has 1 aromatic rings. The first-order chi connectivity index (χ1) is 10.4. The Labute approximate surface area is 130 Å². The Balaban J connectivity index is 2.54. The molecule has 5 N–H and O–H groups in total. The highest BCUT2D eigenvalue weighted by molar-refractivity contribution is 5.96. The molecule has 0 unspecified atom stereocenters. The van der Waals surface area contributed by atoms with Crippen molar-refractivity contribution in [2.45, 2.75) is 26.4 Å². The topological polar surface area (TPSA) is 109 Å². The molecule has 0 saturated heterocycles. The Hall–Kier alpha value is -2.57. The van der Waals surface area contributed by atoms with Gasteiger partial charge in [0.1, 0.15) is 0 Å². The number of nitrogens with zero attached hydrogens (tertiary/aromatic N) is 1. The van der Waals surface area contributed by atoms with E-state index in [2.05, 4.69) is 20.9 Å². The third kappa shape index (κ3) is 6.25. The van der Waals surface area contributed by atoms with Gasteiger partial charge in [-0.3, -0.25) is 14.6 Å². The number of hydrogen-bond donors (Lipinski definition) is 4. The van der Waals surface area contributed by atoms with Crippen molar-refractivity contribution in [1.29, 1.82) is 0 Å². The van der Waals surface area contributed by atoms with Gasteiger partial charge >= 0.3 is 0 Å². The zero-order valence-corrected chi connectivity index (χ0v) is 13.1. The number of carbonyl (C=O) groups is 2. The van der Waals surface area contributed by atoms with E-state index in [1.807, 2.05) is 26.0 Å². The lowest BCUT2D eigenvalue weighted by Crippen LogP contribution is -2.40. The monoisotopic (exact) mass is 305 g/mol. The van der Waals surface area contributed by atoms with Crippen LogP contribution in [0.1, 0.15) is 29.8 Å². The van der Waals surface area contributed by atoms with Crippen LogP contribution in [0.2, 0.25) is 0 Å². The van der Waals surface area contributed by atoms with Gasteiger partial charge in [0.25, 0.3) is 5.91 Å². The Morgan fingerprint density at radius 1 is 1.18 bits per heavy atom. The first kappa shape index (κ1) is 17.5. The van der Waals surface area contributed by atoms with Crippen LogP contribution in [0.15, 0.2) is 29.3 Å². The van der Waals surface area contributed by atoms with Gasteiger partial charge in [-0.05, 0) is 31.5 Å². The smallest absolute Gasteiger partial charge is 0.251 e. The normalized spacial score (nSPS) is 11.2. The maximum Gasteiger partial charge on any atom is 0.251 e. The summed E-state index contributed by atoms with van der Waals surface area (Å²) < 4.78 is 0. The van der Waals surface area contributed by atoms with Crippen molar-refractivity contribution < 1.29 is 9.59 Å². The van der Waals surface area contributed by atoms with Crippen LogP contribution in [0.25, 0.3) is 0 Å². The molecule has 120 valence electrons. The van der Waals surface area contributed by atoms with Crippen LogP contribution in [0.3, 0.4) is 0 Å². The summed E-state index contributed by atoms with van der Waals surface area (Å²) in [7, 11) is 1.71. The van der Waals surface area contributed by atoms with Gasteiger partial charge in [0.05, 0.1) is 6.54 Å². The van der Waals surface area contributed by atoms with Crippen LogP contribution >= 0.6 is 0 Å². The largest absolute Gasteiger partial charge is 0.368 e. The molecule has 0 aliphatic heterocycles. The summed E-state index contributed by atoms with van der Waals surface area (Å²) in [5.41, 5.74) is 6.47. The van der Waals surface area contributed by atoms with E-state index >= 15 is 0 Å². The zero-order valence-electron chi connectivity index (χ0n) is 13.1. The van der Waals surface area contributed by atoms with Crippen molar-refractivity contribution in [3.05, 3.63) is 35.4 Å². The summed E-state index contributed by atoms with van der Waals surface area (Å²) in [6.45, 7) is 4.49. The van der Waals surface area contributed by atoms with Gasteiger partial charge < -0.3 is 21.7 Å². The number of guanidine groups is 1. The fourth-order valence-electron chi connectivity index (χ4n) is 1.70. The van der Waals surface area contributed by atoms with E-state index in [0.717, 1.165) is 11.5 Å². The standard InChI is InChI=1S/C15H23N5O2/c1-10(2)20-15(17-3)19-8-11-4-6-12(7-5-11)14(22)18-9-13(16)21/h4-7,10H,8-9H2,1-3H3,(H2,16,21)(H,18,22)(H2,17,19,20). The van der Waals surface area contributed by atoms with Gasteiger partial charge in [0.15, 0.2) is 5.96 Å². The zero-order chi connectivity index (χ0) is 16.5. The molecule has 22 heavy (non-hydrogen) atoms. The van der Waals surface area contributed by atoms with Gasteiger partial charge in [-0.2, -0.15) is 0 Å². The molecule has 0 aliphatic rings. The molecule has 0 saturated carbocycles. The number of nitrogens with one attached hydrogen (secondary N) is 3. The van der Waals surface area contributed by atoms with E-state index in [-0.39, 0.29) is 12.5 Å². The van der Waals surface area contributed by atoms with Gasteiger partial charge in [0.2, 0.25) is 5.91 Å². The van der Waals surface area contributed by atoms with E-state index in [9.17, 15) is 9.59 Å². The molecule has 2 amide bonds. The number of primary amides is 1. The number of nitrogens with two attached hydrogens (primary N) is 1. The highest BCUT2D eigenvalue weighted by atomic mass is 16.2. The van der Waals surface area contributed by atoms with Crippen molar-refractivity contribution in [2.24, 2.45) is 10.7 Å². The van der Waals surface area contributed by atoms with E-state index < -0.39 is 5.91 Å². The predicted octanol–water partition coefficient (Wildman–Crippen LogP) is -0.0249. The highest BCUT2D eigenvalue weighted by Crippen LogP contribution is 2.04. The Morgan fingerprint density at radius 2 is 1.82 bits per heavy atom. The van der Waals surface area contributed by atoms with Crippen molar-refractivity contribution in [2.75, 3.05) is 13.6 Å². The van der Waals surface area contributed by atoms with Gasteiger partial charge in [0, 0.05) is 25.2 Å². The summed E-state index contributed by atoms with van der Waals surface area (Å²) in [4.78, 5) is 26.5. The molecule has 0 heterocycles. The number of hydrogen-bond acceptors (Lipinski definition) is 3.